The maximum Gasteiger partial charge on any atom is 0.267 e. The number of phenolic OH excluding ortho intramolecular Hbond substituents is 1. The highest BCUT2D eigenvalue weighted by atomic mass is 35.5. The first kappa shape index (κ1) is 19.5. The molecule has 0 bridgehead atoms. The lowest BCUT2D eigenvalue weighted by Crippen LogP contribution is -2.29. The topological polar surface area (TPSA) is 52.9 Å². The molecule has 2 aromatic carbocycles. The minimum absolute atomic E-state index is 0.0562. The average Bonchev–Trinajstić information content (AvgIpc) is 2.90. The zero-order valence-corrected chi connectivity index (χ0v) is 16.8. The Balaban J connectivity index is 2.03. The van der Waals surface area contributed by atoms with Gasteiger partial charge >= 0.3 is 0 Å². The van der Waals surface area contributed by atoms with Gasteiger partial charge in [0.15, 0.2) is 5.17 Å². The second kappa shape index (κ2) is 8.21. The number of nitrogens with zero attached hydrogens (tertiary/aromatic N) is 2. The number of aromatic hydroxyl groups is 1. The van der Waals surface area contributed by atoms with E-state index in [-0.39, 0.29) is 11.7 Å². The van der Waals surface area contributed by atoms with Gasteiger partial charge in [-0.05, 0) is 54.6 Å². The maximum atomic E-state index is 12.8. The second-order valence-electron chi connectivity index (χ2n) is 5.84. The first-order valence-corrected chi connectivity index (χ1v) is 9.62. The first-order chi connectivity index (χ1) is 12.9. The van der Waals surface area contributed by atoms with Crippen LogP contribution >= 0.6 is 35.0 Å². The summed E-state index contributed by atoms with van der Waals surface area (Å²) in [6.07, 6.45) is 3.28. The summed E-state index contributed by atoms with van der Waals surface area (Å²) in [6.45, 7) is 5.87. The van der Waals surface area contributed by atoms with Crippen molar-refractivity contribution < 1.29 is 9.90 Å². The number of benzene rings is 2. The molecule has 1 aliphatic rings. The van der Waals surface area contributed by atoms with Crippen LogP contribution in [0.4, 0.5) is 5.69 Å². The monoisotopic (exact) mass is 418 g/mol. The fraction of sp³-hybridized carbons (Fsp3) is 0.100. The number of halogens is 2. The number of amidine groups is 1. The number of carbonyl (C=O) groups excluding carboxylic acids is 1. The third-order valence-corrected chi connectivity index (χ3v) is 5.49. The Morgan fingerprint density at radius 2 is 1.96 bits per heavy atom. The van der Waals surface area contributed by atoms with Crippen LogP contribution in [-0.2, 0) is 4.79 Å². The number of phenols is 1. The molecule has 0 atom stereocenters. The van der Waals surface area contributed by atoms with Crippen LogP contribution in [0, 0.1) is 6.92 Å². The molecule has 1 amide bonds. The third kappa shape index (κ3) is 4.21. The average molecular weight is 419 g/mol. The molecular weight excluding hydrogens is 403 g/mol. The van der Waals surface area contributed by atoms with Crippen LogP contribution in [-0.4, -0.2) is 27.6 Å². The third-order valence-electron chi connectivity index (χ3n) is 3.82. The Morgan fingerprint density at radius 1 is 1.26 bits per heavy atom. The van der Waals surface area contributed by atoms with E-state index in [0.29, 0.717) is 37.9 Å². The summed E-state index contributed by atoms with van der Waals surface area (Å²) in [5, 5.41) is 11.5. The van der Waals surface area contributed by atoms with Gasteiger partial charge in [0.25, 0.3) is 5.91 Å². The van der Waals surface area contributed by atoms with Crippen LogP contribution in [0.3, 0.4) is 0 Å². The quantitative estimate of drug-likeness (QED) is 0.504. The number of amides is 1. The van der Waals surface area contributed by atoms with Crippen LogP contribution in [0.15, 0.2) is 59.0 Å². The van der Waals surface area contributed by atoms with E-state index in [1.54, 1.807) is 42.5 Å². The van der Waals surface area contributed by atoms with Crippen LogP contribution in [0.5, 0.6) is 5.75 Å². The van der Waals surface area contributed by atoms with E-state index in [0.717, 1.165) is 5.56 Å². The van der Waals surface area contributed by atoms with Crippen molar-refractivity contribution in [1.82, 2.24) is 4.90 Å². The van der Waals surface area contributed by atoms with Gasteiger partial charge in [-0.3, -0.25) is 9.69 Å². The van der Waals surface area contributed by atoms with Gasteiger partial charge in [0.05, 0.1) is 4.91 Å². The van der Waals surface area contributed by atoms with Crippen molar-refractivity contribution in [2.75, 3.05) is 6.54 Å². The second-order valence-corrected chi connectivity index (χ2v) is 7.66. The molecule has 138 valence electrons. The van der Waals surface area contributed by atoms with E-state index in [1.165, 1.54) is 16.7 Å². The van der Waals surface area contributed by atoms with E-state index >= 15 is 0 Å². The lowest BCUT2D eigenvalue weighted by atomic mass is 10.2. The van der Waals surface area contributed by atoms with Gasteiger partial charge in [0, 0.05) is 22.2 Å². The summed E-state index contributed by atoms with van der Waals surface area (Å²) < 4.78 is 0. The molecule has 0 unspecified atom stereocenters. The van der Waals surface area contributed by atoms with Gasteiger partial charge in [-0.1, -0.05) is 41.4 Å². The molecule has 7 heteroatoms. The number of thioether (sulfide) groups is 1. The van der Waals surface area contributed by atoms with Gasteiger partial charge in [0.2, 0.25) is 0 Å². The van der Waals surface area contributed by atoms with Gasteiger partial charge in [-0.2, -0.15) is 0 Å². The summed E-state index contributed by atoms with van der Waals surface area (Å²) in [5.74, 6) is -0.165. The van der Waals surface area contributed by atoms with Crippen molar-refractivity contribution in [3.63, 3.8) is 0 Å². The molecule has 4 nitrogen and oxygen atoms in total. The zero-order valence-electron chi connectivity index (χ0n) is 14.4. The molecule has 0 aliphatic carbocycles. The number of hydrogen-bond donors (Lipinski definition) is 1. The predicted molar refractivity (Wildman–Crippen MR) is 114 cm³/mol. The number of aliphatic imine (C=N–C) groups is 1. The minimum atomic E-state index is -0.221. The van der Waals surface area contributed by atoms with E-state index < -0.39 is 0 Å². The lowest BCUT2D eigenvalue weighted by molar-refractivity contribution is -0.121. The molecular formula is C20H16Cl2N2O2S. The summed E-state index contributed by atoms with van der Waals surface area (Å²) in [4.78, 5) is 19.2. The Bertz CT molecular complexity index is 966. The molecule has 3 rings (SSSR count). The van der Waals surface area contributed by atoms with Gasteiger partial charge < -0.3 is 5.11 Å². The van der Waals surface area contributed by atoms with Crippen LogP contribution in [0.25, 0.3) is 6.08 Å². The van der Waals surface area contributed by atoms with Crippen LogP contribution < -0.4 is 0 Å². The van der Waals surface area contributed by atoms with Crippen molar-refractivity contribution in [2.45, 2.75) is 6.92 Å². The normalized spacial score (nSPS) is 17.1. The first-order valence-electron chi connectivity index (χ1n) is 8.05. The predicted octanol–water partition coefficient (Wildman–Crippen LogP) is 5.80. The molecule has 27 heavy (non-hydrogen) atoms. The highest BCUT2D eigenvalue weighted by Gasteiger charge is 2.33. The van der Waals surface area contributed by atoms with E-state index in [1.807, 2.05) is 13.0 Å². The lowest BCUT2D eigenvalue weighted by Gasteiger charge is -2.13. The Morgan fingerprint density at radius 3 is 2.59 bits per heavy atom. The summed E-state index contributed by atoms with van der Waals surface area (Å²) in [6, 6.07) is 10.3. The summed E-state index contributed by atoms with van der Waals surface area (Å²) in [7, 11) is 0. The number of aryl methyl sites for hydroxylation is 1. The molecule has 1 N–H and O–H groups in total. The molecule has 0 radical (unpaired) electrons. The molecule has 0 saturated carbocycles. The van der Waals surface area contributed by atoms with Crippen LogP contribution in [0.2, 0.25) is 10.0 Å². The fourth-order valence-corrected chi connectivity index (χ4v) is 3.98. The smallest absolute Gasteiger partial charge is 0.267 e. The van der Waals surface area contributed by atoms with E-state index in [2.05, 4.69) is 11.6 Å². The standard InChI is InChI=1S/C20H16Cl2N2O2S/c1-3-9-24-19(26)18(11-13-14(21)5-4-6-15(13)22)27-20(24)23-16-8-7-12(2)10-17(16)25/h3-8,10-11,25H,1,9H2,2H3/b18-11-,23-20?. The number of rotatable bonds is 4. The van der Waals surface area contributed by atoms with Gasteiger partial charge in [0.1, 0.15) is 11.4 Å². The number of carbonyl (C=O) groups is 1. The maximum absolute atomic E-state index is 12.8. The Kier molecular flexibility index (Phi) is 5.95. The minimum Gasteiger partial charge on any atom is -0.506 e. The highest BCUT2D eigenvalue weighted by Crippen LogP contribution is 2.38. The molecule has 0 spiro atoms. The highest BCUT2D eigenvalue weighted by molar-refractivity contribution is 8.18. The molecule has 1 saturated heterocycles. The fourth-order valence-electron chi connectivity index (χ4n) is 2.49. The molecule has 1 fully saturated rings. The largest absolute Gasteiger partial charge is 0.506 e. The van der Waals surface area contributed by atoms with Crippen molar-refractivity contribution in [3.8, 4) is 5.75 Å². The van der Waals surface area contributed by atoms with Crippen molar-refractivity contribution in [1.29, 1.82) is 0 Å². The molecule has 1 heterocycles. The Labute approximate surface area is 171 Å². The van der Waals surface area contributed by atoms with Gasteiger partial charge in [-0.25, -0.2) is 4.99 Å². The van der Waals surface area contributed by atoms with Gasteiger partial charge in [-0.15, -0.1) is 6.58 Å². The van der Waals surface area contributed by atoms with Crippen molar-refractivity contribution in [2.24, 2.45) is 4.99 Å². The zero-order chi connectivity index (χ0) is 19.6. The summed E-state index contributed by atoms with van der Waals surface area (Å²) in [5.41, 5.74) is 1.89. The molecule has 2 aromatic rings. The number of hydrogen-bond acceptors (Lipinski definition) is 4. The summed E-state index contributed by atoms with van der Waals surface area (Å²) >= 11 is 13.6. The van der Waals surface area contributed by atoms with Crippen molar-refractivity contribution in [3.05, 3.63) is 75.1 Å². The van der Waals surface area contributed by atoms with Crippen molar-refractivity contribution >= 4 is 57.8 Å². The van der Waals surface area contributed by atoms with E-state index in [4.69, 9.17) is 23.2 Å². The molecule has 1 aliphatic heterocycles. The van der Waals surface area contributed by atoms with Crippen LogP contribution in [0.1, 0.15) is 11.1 Å². The molecule has 0 aromatic heterocycles. The Hall–Kier alpha value is -2.21. The van der Waals surface area contributed by atoms with E-state index in [9.17, 15) is 9.90 Å². The SMILES string of the molecule is C=CCN1C(=O)/C(=C/c2c(Cl)cccc2Cl)SC1=Nc1ccc(C)cc1O.